The summed E-state index contributed by atoms with van der Waals surface area (Å²) < 4.78 is 5.43. The van der Waals surface area contributed by atoms with Crippen molar-refractivity contribution in [3.05, 3.63) is 52.5 Å². The van der Waals surface area contributed by atoms with Crippen LogP contribution in [0.1, 0.15) is 57.6 Å². The number of nitriles is 1. The topological polar surface area (TPSA) is 86.3 Å². The summed E-state index contributed by atoms with van der Waals surface area (Å²) in [4.78, 5) is 26.5. The third kappa shape index (κ3) is 4.03. The molecule has 1 aliphatic heterocycles. The number of hydrogen-bond donors (Lipinski definition) is 1. The van der Waals surface area contributed by atoms with Gasteiger partial charge in [-0.1, -0.05) is 0 Å². The first-order valence-corrected chi connectivity index (χ1v) is 9.07. The van der Waals surface area contributed by atoms with Crippen LogP contribution in [0.2, 0.25) is 0 Å². The molecule has 0 bridgehead atoms. The summed E-state index contributed by atoms with van der Waals surface area (Å²) in [6.45, 7) is 6.57. The predicted molar refractivity (Wildman–Crippen MR) is 102 cm³/mol. The minimum atomic E-state index is -0.112. The Kier molecular flexibility index (Phi) is 5.31. The largest absolute Gasteiger partial charge is 0.466 e. The molecule has 3 rings (SSSR count). The molecule has 27 heavy (non-hydrogen) atoms. The number of piperidine rings is 1. The first-order chi connectivity index (χ1) is 12.9. The fourth-order valence-corrected chi connectivity index (χ4v) is 3.54. The molecule has 140 valence electrons. The molecule has 0 unspecified atom stereocenters. The summed E-state index contributed by atoms with van der Waals surface area (Å²) in [7, 11) is 0. The van der Waals surface area contributed by atoms with E-state index in [2.05, 4.69) is 16.3 Å². The van der Waals surface area contributed by atoms with Crippen LogP contribution >= 0.6 is 0 Å². The molecule has 1 N–H and O–H groups in total. The Bertz CT molecular complexity index is 915. The average molecular weight is 365 g/mol. The van der Waals surface area contributed by atoms with Gasteiger partial charge in [0.25, 0.3) is 5.91 Å². The van der Waals surface area contributed by atoms with Crippen LogP contribution in [-0.2, 0) is 0 Å². The van der Waals surface area contributed by atoms with E-state index in [4.69, 9.17) is 9.68 Å². The standard InChI is InChI=1S/C21H23N3O3/c1-13-10-19(15(3)27-13)21(26)23-17-6-8-24(9-7-17)20-11-16(12-22)4-5-18(20)14(2)25/h4-5,10-11,17H,6-9H2,1-3H3,(H,23,26). The van der Waals surface area contributed by atoms with E-state index in [9.17, 15) is 9.59 Å². The molecule has 1 aromatic heterocycles. The summed E-state index contributed by atoms with van der Waals surface area (Å²) in [5.74, 6) is 1.22. The molecule has 1 aliphatic rings. The molecule has 1 amide bonds. The lowest BCUT2D eigenvalue weighted by molar-refractivity contribution is 0.0929. The normalized spacial score (nSPS) is 14.7. The molecule has 0 aliphatic carbocycles. The molecule has 2 aromatic rings. The Hall–Kier alpha value is -3.07. The van der Waals surface area contributed by atoms with Crippen molar-refractivity contribution in [2.75, 3.05) is 18.0 Å². The van der Waals surface area contributed by atoms with E-state index in [0.29, 0.717) is 35.5 Å². The number of benzene rings is 1. The highest BCUT2D eigenvalue weighted by Crippen LogP contribution is 2.26. The maximum absolute atomic E-state index is 12.5. The highest BCUT2D eigenvalue weighted by Gasteiger charge is 2.25. The number of aryl methyl sites for hydroxylation is 2. The van der Waals surface area contributed by atoms with Crippen molar-refractivity contribution in [1.29, 1.82) is 5.26 Å². The summed E-state index contributed by atoms with van der Waals surface area (Å²) in [5.41, 5.74) is 2.54. The second kappa shape index (κ2) is 7.67. The van der Waals surface area contributed by atoms with Crippen LogP contribution in [0, 0.1) is 25.2 Å². The number of nitrogens with one attached hydrogen (secondary N) is 1. The summed E-state index contributed by atoms with van der Waals surface area (Å²) in [6, 6.07) is 9.11. The van der Waals surface area contributed by atoms with Crippen LogP contribution in [0.3, 0.4) is 0 Å². The van der Waals surface area contributed by atoms with Crippen molar-refractivity contribution in [3.8, 4) is 6.07 Å². The summed E-state index contributed by atoms with van der Waals surface area (Å²) in [5, 5.41) is 12.2. The number of furan rings is 1. The molecule has 0 saturated carbocycles. The van der Waals surface area contributed by atoms with Gasteiger partial charge in [-0.15, -0.1) is 0 Å². The zero-order valence-corrected chi connectivity index (χ0v) is 15.8. The Morgan fingerprint density at radius 3 is 2.44 bits per heavy atom. The Morgan fingerprint density at radius 2 is 1.89 bits per heavy atom. The van der Waals surface area contributed by atoms with Crippen LogP contribution in [0.25, 0.3) is 0 Å². The van der Waals surface area contributed by atoms with E-state index < -0.39 is 0 Å². The van der Waals surface area contributed by atoms with Crippen LogP contribution in [-0.4, -0.2) is 30.8 Å². The first kappa shape index (κ1) is 18.7. The number of carbonyl (C=O) groups excluding carboxylic acids is 2. The molecule has 1 aromatic carbocycles. The van der Waals surface area contributed by atoms with Gasteiger partial charge in [0.1, 0.15) is 11.5 Å². The van der Waals surface area contributed by atoms with Crippen LogP contribution in [0.4, 0.5) is 5.69 Å². The van der Waals surface area contributed by atoms with E-state index >= 15 is 0 Å². The molecule has 0 radical (unpaired) electrons. The smallest absolute Gasteiger partial charge is 0.255 e. The van der Waals surface area contributed by atoms with Gasteiger partial charge in [0, 0.05) is 30.4 Å². The Morgan fingerprint density at radius 1 is 1.19 bits per heavy atom. The molecule has 1 saturated heterocycles. The van der Waals surface area contributed by atoms with Crippen LogP contribution in [0.15, 0.2) is 28.7 Å². The number of ketones is 1. The number of anilines is 1. The second-order valence-corrected chi connectivity index (χ2v) is 6.96. The fourth-order valence-electron chi connectivity index (χ4n) is 3.54. The lowest BCUT2D eigenvalue weighted by Gasteiger charge is -2.35. The van der Waals surface area contributed by atoms with Gasteiger partial charge in [0.15, 0.2) is 5.78 Å². The van der Waals surface area contributed by atoms with E-state index in [-0.39, 0.29) is 17.7 Å². The molecular formula is C21H23N3O3. The number of nitrogens with zero attached hydrogens (tertiary/aromatic N) is 2. The molecule has 0 spiro atoms. The number of Topliss-reactive ketones (excluding diaryl/α,β-unsaturated/α-hetero) is 1. The van der Waals surface area contributed by atoms with Crippen molar-refractivity contribution < 1.29 is 14.0 Å². The van der Waals surface area contributed by atoms with E-state index in [1.54, 1.807) is 31.2 Å². The summed E-state index contributed by atoms with van der Waals surface area (Å²) >= 11 is 0. The number of amides is 1. The van der Waals surface area contributed by atoms with Crippen LogP contribution in [0.5, 0.6) is 0 Å². The molecule has 6 heteroatoms. The van der Waals surface area contributed by atoms with Gasteiger partial charge in [-0.05, 0) is 57.9 Å². The minimum Gasteiger partial charge on any atom is -0.466 e. The zero-order valence-electron chi connectivity index (χ0n) is 15.8. The van der Waals surface area contributed by atoms with Gasteiger partial charge >= 0.3 is 0 Å². The van der Waals surface area contributed by atoms with Crippen molar-refractivity contribution >= 4 is 17.4 Å². The Labute approximate surface area is 158 Å². The highest BCUT2D eigenvalue weighted by molar-refractivity contribution is 6.00. The van der Waals surface area contributed by atoms with Gasteiger partial charge in [-0.3, -0.25) is 9.59 Å². The SMILES string of the molecule is CC(=O)c1ccc(C#N)cc1N1CCC(NC(=O)c2cc(C)oc2C)CC1. The van der Waals surface area contributed by atoms with E-state index in [1.165, 1.54) is 6.92 Å². The van der Waals surface area contributed by atoms with E-state index in [0.717, 1.165) is 24.3 Å². The monoisotopic (exact) mass is 365 g/mol. The second-order valence-electron chi connectivity index (χ2n) is 6.96. The zero-order chi connectivity index (χ0) is 19.6. The minimum absolute atomic E-state index is 0.0179. The molecule has 6 nitrogen and oxygen atoms in total. The number of rotatable bonds is 4. The summed E-state index contributed by atoms with van der Waals surface area (Å²) in [6.07, 6.45) is 1.55. The fraction of sp³-hybridized carbons (Fsp3) is 0.381. The quantitative estimate of drug-likeness (QED) is 0.840. The molecular weight excluding hydrogens is 342 g/mol. The number of hydrogen-bond acceptors (Lipinski definition) is 5. The van der Waals surface area contributed by atoms with Gasteiger partial charge in [-0.25, -0.2) is 0 Å². The lowest BCUT2D eigenvalue weighted by Crippen LogP contribution is -2.45. The molecule has 0 atom stereocenters. The lowest BCUT2D eigenvalue weighted by atomic mass is 10.00. The van der Waals surface area contributed by atoms with Crippen molar-refractivity contribution in [2.45, 2.75) is 39.7 Å². The molecule has 2 heterocycles. The first-order valence-electron chi connectivity index (χ1n) is 9.07. The van der Waals surface area contributed by atoms with Gasteiger partial charge < -0.3 is 14.6 Å². The van der Waals surface area contributed by atoms with Gasteiger partial charge in [0.2, 0.25) is 0 Å². The van der Waals surface area contributed by atoms with Gasteiger partial charge in [0.05, 0.1) is 17.2 Å². The maximum Gasteiger partial charge on any atom is 0.255 e. The van der Waals surface area contributed by atoms with Crippen molar-refractivity contribution in [1.82, 2.24) is 5.32 Å². The van der Waals surface area contributed by atoms with E-state index in [1.807, 2.05) is 6.92 Å². The molecule has 1 fully saturated rings. The van der Waals surface area contributed by atoms with Crippen LogP contribution < -0.4 is 10.2 Å². The van der Waals surface area contributed by atoms with Crippen molar-refractivity contribution in [3.63, 3.8) is 0 Å². The highest BCUT2D eigenvalue weighted by atomic mass is 16.3. The third-order valence-corrected chi connectivity index (χ3v) is 4.96. The maximum atomic E-state index is 12.5. The van der Waals surface area contributed by atoms with Gasteiger partial charge in [-0.2, -0.15) is 5.26 Å². The number of carbonyl (C=O) groups is 2. The van der Waals surface area contributed by atoms with Crippen molar-refractivity contribution in [2.24, 2.45) is 0 Å². The predicted octanol–water partition coefficient (Wildman–Crippen LogP) is 3.37. The average Bonchev–Trinajstić information content (AvgIpc) is 3.00. The Balaban J connectivity index is 1.67. The third-order valence-electron chi connectivity index (χ3n) is 4.96.